The maximum atomic E-state index is 11.1. The molecule has 0 unspecified atom stereocenters. The molecule has 0 spiro atoms. The van der Waals surface area contributed by atoms with E-state index in [9.17, 15) is 5.11 Å². The first-order chi connectivity index (χ1) is 14.9. The molecule has 0 saturated carbocycles. The zero-order valence-electron chi connectivity index (χ0n) is 19.8. The molecule has 0 fully saturated rings. The van der Waals surface area contributed by atoms with Crippen molar-refractivity contribution in [3.05, 3.63) is 47.1 Å². The Hall–Kier alpha value is -1.26. The summed E-state index contributed by atoms with van der Waals surface area (Å²) >= 11 is 7.17. The van der Waals surface area contributed by atoms with Crippen LogP contribution in [0.3, 0.4) is 0 Å². The number of phenolic OH excluding ortho intramolecular Hbond substituents is 1. The van der Waals surface area contributed by atoms with Crippen molar-refractivity contribution in [3.63, 3.8) is 0 Å². The predicted molar refractivity (Wildman–Crippen MR) is 141 cm³/mol. The highest BCUT2D eigenvalue weighted by atomic mass is 32.2. The first kappa shape index (κ1) is 26.0. The Labute approximate surface area is 199 Å². The van der Waals surface area contributed by atoms with Gasteiger partial charge in [0.1, 0.15) is 11.5 Å². The number of rotatable bonds is 11. The predicted octanol–water partition coefficient (Wildman–Crippen LogP) is 8.73. The van der Waals surface area contributed by atoms with Crippen molar-refractivity contribution in [2.24, 2.45) is 5.92 Å². The van der Waals surface area contributed by atoms with Crippen molar-refractivity contribution < 1.29 is 9.84 Å². The second-order valence-corrected chi connectivity index (χ2v) is 10.6. The number of thiocarbonyl (C=S) groups is 1. The van der Waals surface area contributed by atoms with Crippen LogP contribution in [0.2, 0.25) is 0 Å². The zero-order valence-corrected chi connectivity index (χ0v) is 21.5. The molecular weight excluding hydrogens is 420 g/mol. The van der Waals surface area contributed by atoms with Gasteiger partial charge in [0.25, 0.3) is 0 Å². The number of aryl methyl sites for hydroxylation is 1. The Morgan fingerprint density at radius 1 is 1.19 bits per heavy atom. The maximum absolute atomic E-state index is 11.1. The van der Waals surface area contributed by atoms with Crippen molar-refractivity contribution in [2.45, 2.75) is 91.4 Å². The minimum atomic E-state index is 0.0684. The van der Waals surface area contributed by atoms with Crippen molar-refractivity contribution in [3.8, 4) is 11.5 Å². The van der Waals surface area contributed by atoms with E-state index in [4.69, 9.17) is 17.0 Å². The zero-order chi connectivity index (χ0) is 22.8. The van der Waals surface area contributed by atoms with Crippen LogP contribution >= 0.6 is 24.0 Å². The van der Waals surface area contributed by atoms with Gasteiger partial charge in [-0.15, -0.1) is 0 Å². The van der Waals surface area contributed by atoms with E-state index in [2.05, 4.69) is 46.4 Å². The summed E-state index contributed by atoms with van der Waals surface area (Å²) in [7, 11) is 0. The summed E-state index contributed by atoms with van der Waals surface area (Å²) < 4.78 is 6.79. The molecule has 4 heteroatoms. The highest BCUT2D eigenvalue weighted by molar-refractivity contribution is 8.22. The van der Waals surface area contributed by atoms with E-state index in [0.29, 0.717) is 16.1 Å². The molecule has 0 bridgehead atoms. The standard InChI is InChI=1S/C27H40O2S2/c1-6-8-10-12-21-17-24(28)26(23-16-20(5)13-14-22(23)19(3)4)25(18-21)29-27(30)31-15-11-9-7-2/h16-18,22-23,28H,3,6-15H2,1-2,4-5H3/t22-,23+/m0/s1. The van der Waals surface area contributed by atoms with E-state index in [-0.39, 0.29) is 5.92 Å². The molecule has 1 aromatic rings. The quantitative estimate of drug-likeness (QED) is 0.203. The lowest BCUT2D eigenvalue weighted by atomic mass is 9.73. The number of aromatic hydroxyl groups is 1. The van der Waals surface area contributed by atoms with Gasteiger partial charge in [-0.2, -0.15) is 0 Å². The van der Waals surface area contributed by atoms with Gasteiger partial charge in [-0.3, -0.25) is 0 Å². The molecule has 1 aliphatic carbocycles. The third-order valence-electron chi connectivity index (χ3n) is 6.12. The minimum Gasteiger partial charge on any atom is -0.507 e. The molecule has 1 N–H and O–H groups in total. The fraction of sp³-hybridized carbons (Fsp3) is 0.593. The second-order valence-electron chi connectivity index (χ2n) is 8.92. The largest absolute Gasteiger partial charge is 0.507 e. The second kappa shape index (κ2) is 13.3. The van der Waals surface area contributed by atoms with Crippen molar-refractivity contribution >= 4 is 28.4 Å². The summed E-state index contributed by atoms with van der Waals surface area (Å²) in [6, 6.07) is 4.04. The van der Waals surface area contributed by atoms with Crippen molar-refractivity contribution in [1.29, 1.82) is 0 Å². The Morgan fingerprint density at radius 3 is 2.58 bits per heavy atom. The molecule has 31 heavy (non-hydrogen) atoms. The average molecular weight is 461 g/mol. The molecular formula is C27H40O2S2. The molecule has 2 atom stereocenters. The Kier molecular flexibility index (Phi) is 11.2. The third kappa shape index (κ3) is 7.98. The van der Waals surface area contributed by atoms with E-state index in [1.807, 2.05) is 6.07 Å². The molecule has 1 aliphatic rings. The molecule has 2 rings (SSSR count). The monoisotopic (exact) mass is 460 g/mol. The van der Waals surface area contributed by atoms with Gasteiger partial charge in [-0.25, -0.2) is 0 Å². The van der Waals surface area contributed by atoms with Gasteiger partial charge in [-0.05, 0) is 81.8 Å². The lowest BCUT2D eigenvalue weighted by Crippen LogP contribution is -2.18. The first-order valence-corrected chi connectivity index (χ1v) is 13.3. The molecule has 0 aromatic heterocycles. The lowest BCUT2D eigenvalue weighted by molar-refractivity contribution is 0.424. The molecule has 1 aromatic carbocycles. The van der Waals surface area contributed by atoms with Crippen LogP contribution in [-0.4, -0.2) is 15.2 Å². The van der Waals surface area contributed by atoms with Crippen molar-refractivity contribution in [2.75, 3.05) is 5.75 Å². The van der Waals surface area contributed by atoms with Crippen LogP contribution in [0, 0.1) is 5.92 Å². The third-order valence-corrected chi connectivity index (χ3v) is 7.37. The topological polar surface area (TPSA) is 29.5 Å². The fourth-order valence-corrected chi connectivity index (χ4v) is 5.35. The van der Waals surface area contributed by atoms with Gasteiger partial charge in [0, 0.05) is 17.2 Å². The van der Waals surface area contributed by atoms with E-state index < -0.39 is 0 Å². The number of phenols is 1. The molecule has 0 amide bonds. The molecule has 0 aliphatic heterocycles. The molecule has 0 saturated heterocycles. The molecule has 2 nitrogen and oxygen atoms in total. The Morgan fingerprint density at radius 2 is 1.90 bits per heavy atom. The Balaban J connectivity index is 2.36. The summed E-state index contributed by atoms with van der Waals surface area (Å²) in [5.41, 5.74) is 4.49. The van der Waals surface area contributed by atoms with Gasteiger partial charge >= 0.3 is 0 Å². The number of hydrogen-bond acceptors (Lipinski definition) is 4. The summed E-state index contributed by atoms with van der Waals surface area (Å²) in [5.74, 6) is 2.39. The van der Waals surface area contributed by atoms with E-state index >= 15 is 0 Å². The van der Waals surface area contributed by atoms with Crippen LogP contribution in [0.4, 0.5) is 0 Å². The van der Waals surface area contributed by atoms with Crippen LogP contribution in [0.1, 0.15) is 96.1 Å². The van der Waals surface area contributed by atoms with Crippen LogP contribution in [0.5, 0.6) is 11.5 Å². The molecule has 0 heterocycles. The molecule has 172 valence electrons. The van der Waals surface area contributed by atoms with Crippen LogP contribution in [0.25, 0.3) is 0 Å². The van der Waals surface area contributed by atoms with Gasteiger partial charge < -0.3 is 9.84 Å². The van der Waals surface area contributed by atoms with E-state index in [1.54, 1.807) is 11.8 Å². The number of hydrogen-bond donors (Lipinski definition) is 1. The van der Waals surface area contributed by atoms with Crippen LogP contribution < -0.4 is 4.74 Å². The number of ether oxygens (including phenoxy) is 1. The smallest absolute Gasteiger partial charge is 0.225 e. The van der Waals surface area contributed by atoms with Gasteiger partial charge in [0.15, 0.2) is 0 Å². The van der Waals surface area contributed by atoms with E-state index in [1.165, 1.54) is 31.3 Å². The maximum Gasteiger partial charge on any atom is 0.225 e. The number of unbranched alkanes of at least 4 members (excludes halogenated alkanes) is 4. The Bertz CT molecular complexity index is 782. The van der Waals surface area contributed by atoms with Gasteiger partial charge in [0.05, 0.1) is 0 Å². The van der Waals surface area contributed by atoms with Crippen LogP contribution in [-0.2, 0) is 6.42 Å². The summed E-state index contributed by atoms with van der Waals surface area (Å²) in [4.78, 5) is 0. The number of thioether (sulfide) groups is 1. The summed E-state index contributed by atoms with van der Waals surface area (Å²) in [5, 5.41) is 11.1. The molecule has 0 radical (unpaired) electrons. The number of benzene rings is 1. The normalized spacial score (nSPS) is 18.5. The first-order valence-electron chi connectivity index (χ1n) is 11.9. The summed E-state index contributed by atoms with van der Waals surface area (Å²) in [6.45, 7) is 12.9. The number of allylic oxidation sites excluding steroid dienone is 3. The SMILES string of the molecule is C=C(C)[C@@H]1CCC(C)=C[C@H]1c1c(O)cc(CCCCC)cc1OC(=S)SCCCCC. The van der Waals surface area contributed by atoms with E-state index in [0.717, 1.165) is 60.3 Å². The van der Waals surface area contributed by atoms with Gasteiger partial charge in [-0.1, -0.05) is 75.1 Å². The summed E-state index contributed by atoms with van der Waals surface area (Å²) in [6.07, 6.45) is 12.4. The highest BCUT2D eigenvalue weighted by Crippen LogP contribution is 2.47. The lowest BCUT2D eigenvalue weighted by Gasteiger charge is -2.32. The minimum absolute atomic E-state index is 0.0684. The fourth-order valence-electron chi connectivity index (χ4n) is 4.34. The van der Waals surface area contributed by atoms with Gasteiger partial charge in [0.2, 0.25) is 4.38 Å². The average Bonchev–Trinajstić information content (AvgIpc) is 2.71. The van der Waals surface area contributed by atoms with Crippen molar-refractivity contribution in [1.82, 2.24) is 0 Å². The highest BCUT2D eigenvalue weighted by Gasteiger charge is 2.31. The van der Waals surface area contributed by atoms with Crippen LogP contribution in [0.15, 0.2) is 35.9 Å².